The Morgan fingerprint density at radius 3 is 2.44 bits per heavy atom. The molecule has 4 aliphatic rings. The number of allylic oxidation sites excluding steroid dienone is 7. The van der Waals surface area contributed by atoms with Crippen LogP contribution in [0, 0.1) is 17.8 Å². The molecular weight excluding hydrogens is 630 g/mol. The largest absolute Gasteiger partial charge is 0.507 e. The summed E-state index contributed by atoms with van der Waals surface area (Å²) in [6, 6.07) is 18.1. The zero-order valence-corrected chi connectivity index (χ0v) is 28.1. The topological polar surface area (TPSA) is 110 Å². The van der Waals surface area contributed by atoms with Crippen LogP contribution >= 0.6 is 0 Å². The fourth-order valence-corrected chi connectivity index (χ4v) is 8.03. The highest BCUT2D eigenvalue weighted by Gasteiger charge is 2.56. The van der Waals surface area contributed by atoms with Gasteiger partial charge in [-0.05, 0) is 79.6 Å². The summed E-state index contributed by atoms with van der Waals surface area (Å²) in [6.07, 6.45) is 9.73. The number of methoxy groups -OCH3 is 2. The summed E-state index contributed by atoms with van der Waals surface area (Å²) in [5.41, 5.74) is 5.16. The number of Topliss-reactive ketones (excluding diaryl/α,β-unsaturated/α-hetero) is 1. The number of imide groups is 1. The molecular formula is C42H37NO7. The molecule has 3 aromatic rings. The number of benzene rings is 3. The number of carbonyl (C=O) groups excluding carboxylic acids is 4. The summed E-state index contributed by atoms with van der Waals surface area (Å²) in [5, 5.41) is 11.5. The van der Waals surface area contributed by atoms with Gasteiger partial charge in [0.15, 0.2) is 11.6 Å². The average molecular weight is 668 g/mol. The number of carbonyl (C=O) groups is 4. The summed E-state index contributed by atoms with van der Waals surface area (Å²) in [4.78, 5) is 56.8. The van der Waals surface area contributed by atoms with E-state index in [-0.39, 0.29) is 35.6 Å². The van der Waals surface area contributed by atoms with Crippen molar-refractivity contribution in [1.29, 1.82) is 0 Å². The number of para-hydroxylation sites is 1. The molecule has 1 N–H and O–H groups in total. The van der Waals surface area contributed by atoms with Crippen LogP contribution in [-0.4, -0.2) is 42.7 Å². The van der Waals surface area contributed by atoms with E-state index in [9.17, 15) is 24.3 Å². The van der Waals surface area contributed by atoms with E-state index in [1.165, 1.54) is 11.0 Å². The minimum absolute atomic E-state index is 0.0369. The number of hydrogen-bond acceptors (Lipinski definition) is 7. The predicted molar refractivity (Wildman–Crippen MR) is 191 cm³/mol. The van der Waals surface area contributed by atoms with E-state index >= 15 is 0 Å². The Morgan fingerprint density at radius 1 is 0.940 bits per heavy atom. The standard InChI is InChI=1S/C42H37NO7/c1-5-7-25-8-6-9-30(40(25)46)36-29-17-18-31-37(32(29)22-33-34(44)20-23(2)39(45)38(33)36)42(48)43(41(31)47)27-14-11-24(12-15-27)10-13-26-21-28(49-3)16-19-35(26)50-4/h5-6,8-17,19-21,31-32,36-37,46H,1,7,18,22H2,2-4H3/t31-,32+,36+,37-/m0/s1. The highest BCUT2D eigenvalue weighted by molar-refractivity contribution is 6.25. The molecule has 3 aliphatic carbocycles. The number of phenolic OH excluding ortho intramolecular Hbond substituents is 1. The van der Waals surface area contributed by atoms with Crippen LogP contribution in [-0.2, 0) is 25.6 Å². The summed E-state index contributed by atoms with van der Waals surface area (Å²) in [6.45, 7) is 5.43. The number of rotatable bonds is 8. The second-order valence-electron chi connectivity index (χ2n) is 13.1. The van der Waals surface area contributed by atoms with Crippen LogP contribution in [0.15, 0.2) is 108 Å². The van der Waals surface area contributed by atoms with Crippen LogP contribution in [0.3, 0.4) is 0 Å². The van der Waals surface area contributed by atoms with Crippen LogP contribution in [0.25, 0.3) is 12.2 Å². The van der Waals surface area contributed by atoms with Gasteiger partial charge >= 0.3 is 0 Å². The van der Waals surface area contributed by atoms with Crippen LogP contribution in [0.4, 0.5) is 5.69 Å². The van der Waals surface area contributed by atoms with Crippen molar-refractivity contribution in [2.75, 3.05) is 19.1 Å². The second kappa shape index (κ2) is 12.9. The number of hydrogen-bond donors (Lipinski definition) is 1. The van der Waals surface area contributed by atoms with Crippen molar-refractivity contribution in [2.24, 2.45) is 17.8 Å². The lowest BCUT2D eigenvalue weighted by Crippen LogP contribution is -2.39. The number of ketones is 2. The number of amides is 2. The Balaban J connectivity index is 1.22. The maximum absolute atomic E-state index is 14.3. The van der Waals surface area contributed by atoms with E-state index < -0.39 is 23.7 Å². The monoisotopic (exact) mass is 667 g/mol. The number of anilines is 1. The zero-order valence-electron chi connectivity index (χ0n) is 28.1. The first-order valence-corrected chi connectivity index (χ1v) is 16.7. The number of phenols is 1. The van der Waals surface area contributed by atoms with Gasteiger partial charge < -0.3 is 14.6 Å². The van der Waals surface area contributed by atoms with Crippen molar-refractivity contribution < 1.29 is 33.8 Å². The average Bonchev–Trinajstić information content (AvgIpc) is 3.39. The number of aromatic hydroxyl groups is 1. The van der Waals surface area contributed by atoms with Gasteiger partial charge in [0, 0.05) is 33.8 Å². The molecule has 4 atom stereocenters. The molecule has 7 rings (SSSR count). The van der Waals surface area contributed by atoms with Crippen molar-refractivity contribution in [3.63, 3.8) is 0 Å². The molecule has 50 heavy (non-hydrogen) atoms. The Kier molecular flexibility index (Phi) is 8.48. The van der Waals surface area contributed by atoms with Gasteiger partial charge in [0.25, 0.3) is 0 Å². The van der Waals surface area contributed by atoms with E-state index in [0.29, 0.717) is 57.9 Å². The lowest BCUT2D eigenvalue weighted by molar-refractivity contribution is -0.123. The molecule has 2 amide bonds. The van der Waals surface area contributed by atoms with Crippen LogP contribution in [0.1, 0.15) is 47.9 Å². The summed E-state index contributed by atoms with van der Waals surface area (Å²) >= 11 is 0. The third-order valence-electron chi connectivity index (χ3n) is 10.4. The number of ether oxygens (including phenoxy) is 2. The molecule has 0 aromatic heterocycles. The molecule has 8 heteroatoms. The molecule has 0 bridgehead atoms. The molecule has 1 aliphatic heterocycles. The molecule has 0 radical (unpaired) electrons. The van der Waals surface area contributed by atoms with Crippen LogP contribution in [0.5, 0.6) is 17.2 Å². The van der Waals surface area contributed by atoms with Crippen molar-refractivity contribution in [3.05, 3.63) is 130 Å². The Hall–Kier alpha value is -5.76. The van der Waals surface area contributed by atoms with Crippen LogP contribution < -0.4 is 14.4 Å². The van der Waals surface area contributed by atoms with Gasteiger partial charge in [0.2, 0.25) is 11.8 Å². The minimum Gasteiger partial charge on any atom is -0.507 e. The fourth-order valence-electron chi connectivity index (χ4n) is 8.03. The predicted octanol–water partition coefficient (Wildman–Crippen LogP) is 6.94. The highest BCUT2D eigenvalue weighted by atomic mass is 16.5. The summed E-state index contributed by atoms with van der Waals surface area (Å²) < 4.78 is 10.8. The summed E-state index contributed by atoms with van der Waals surface area (Å²) in [7, 11) is 3.21. The lowest BCUT2D eigenvalue weighted by atomic mass is 9.59. The third-order valence-corrected chi connectivity index (χ3v) is 10.4. The molecule has 0 unspecified atom stereocenters. The fraction of sp³-hybridized carbons (Fsp3) is 0.238. The quantitative estimate of drug-likeness (QED) is 0.120. The third kappa shape index (κ3) is 5.32. The minimum atomic E-state index is -0.721. The van der Waals surface area contributed by atoms with E-state index in [1.807, 2.05) is 54.6 Å². The Morgan fingerprint density at radius 2 is 1.72 bits per heavy atom. The van der Waals surface area contributed by atoms with Gasteiger partial charge in [-0.3, -0.25) is 24.1 Å². The first-order valence-electron chi connectivity index (χ1n) is 16.7. The maximum Gasteiger partial charge on any atom is 0.238 e. The summed E-state index contributed by atoms with van der Waals surface area (Å²) in [5.74, 6) is -2.22. The molecule has 0 spiro atoms. The molecule has 1 saturated heterocycles. The van der Waals surface area contributed by atoms with E-state index in [0.717, 1.165) is 16.7 Å². The van der Waals surface area contributed by atoms with E-state index in [4.69, 9.17) is 9.47 Å². The first kappa shape index (κ1) is 32.8. The normalized spacial score (nSPS) is 23.0. The molecule has 1 fully saturated rings. The highest BCUT2D eigenvalue weighted by Crippen LogP contribution is 2.56. The molecule has 1 heterocycles. The molecule has 8 nitrogen and oxygen atoms in total. The first-order chi connectivity index (χ1) is 24.2. The number of nitrogens with zero attached hydrogens (tertiary/aromatic N) is 1. The van der Waals surface area contributed by atoms with Gasteiger partial charge in [-0.25, -0.2) is 0 Å². The van der Waals surface area contributed by atoms with Crippen LogP contribution in [0.2, 0.25) is 0 Å². The number of fused-ring (bicyclic) bond motifs is 3. The maximum atomic E-state index is 14.3. The second-order valence-corrected chi connectivity index (χ2v) is 13.1. The van der Waals surface area contributed by atoms with Gasteiger partial charge in [0.1, 0.15) is 17.2 Å². The van der Waals surface area contributed by atoms with Gasteiger partial charge in [-0.2, -0.15) is 0 Å². The van der Waals surface area contributed by atoms with Gasteiger partial charge in [-0.1, -0.05) is 60.2 Å². The SMILES string of the molecule is C=CCc1cccc([C@H]2C3=CC[C@@H]4C(=O)N(c5ccc(C=Cc6cc(OC)ccc6OC)cc5)C(=O)[C@@H]4[C@@H]3CC3=C2C(=O)C(C)=CC3=O)c1O. The van der Waals surface area contributed by atoms with Crippen molar-refractivity contribution in [3.8, 4) is 17.2 Å². The van der Waals surface area contributed by atoms with Crippen molar-refractivity contribution in [1.82, 2.24) is 0 Å². The van der Waals surface area contributed by atoms with Gasteiger partial charge in [0.05, 0.1) is 31.7 Å². The Bertz CT molecular complexity index is 2100. The molecule has 3 aromatic carbocycles. The van der Waals surface area contributed by atoms with Crippen molar-refractivity contribution in [2.45, 2.75) is 32.1 Å². The Labute approximate surface area is 290 Å². The van der Waals surface area contributed by atoms with Gasteiger partial charge in [-0.15, -0.1) is 6.58 Å². The van der Waals surface area contributed by atoms with E-state index in [1.54, 1.807) is 51.5 Å². The molecule has 252 valence electrons. The van der Waals surface area contributed by atoms with Crippen molar-refractivity contribution >= 4 is 41.2 Å². The smallest absolute Gasteiger partial charge is 0.238 e. The molecule has 0 saturated carbocycles. The zero-order chi connectivity index (χ0) is 35.3. The van der Waals surface area contributed by atoms with E-state index in [2.05, 4.69) is 6.58 Å². The lowest BCUT2D eigenvalue weighted by Gasteiger charge is -2.42.